The van der Waals surface area contributed by atoms with E-state index < -0.39 is 0 Å². The Morgan fingerprint density at radius 3 is 2.52 bits per heavy atom. The van der Waals surface area contributed by atoms with Gasteiger partial charge in [0.2, 0.25) is 0 Å². The maximum Gasteiger partial charge on any atom is 0.326 e. The second-order valence-corrected chi connectivity index (χ2v) is 6.80. The van der Waals surface area contributed by atoms with E-state index in [1.54, 1.807) is 11.6 Å². The summed E-state index contributed by atoms with van der Waals surface area (Å²) < 4.78 is 8.68. The normalized spacial score (nSPS) is 11.6. The highest BCUT2D eigenvalue weighted by Crippen LogP contribution is 2.37. The summed E-state index contributed by atoms with van der Waals surface area (Å²) >= 11 is 0. The van der Waals surface area contributed by atoms with E-state index in [-0.39, 0.29) is 12.3 Å². The molecule has 0 aliphatic carbocycles. The lowest BCUT2D eigenvalue weighted by molar-refractivity contribution is 0.229. The first-order valence-electron chi connectivity index (χ1n) is 8.63. The predicted octanol–water partition coefficient (Wildman–Crippen LogP) is 2.34. The Hall–Kier alpha value is -3.13. The van der Waals surface area contributed by atoms with E-state index >= 15 is 0 Å². The van der Waals surface area contributed by atoms with Crippen molar-refractivity contribution in [1.82, 2.24) is 24.5 Å². The maximum atomic E-state index is 12.3. The van der Waals surface area contributed by atoms with E-state index in [9.17, 15) is 9.90 Å². The van der Waals surface area contributed by atoms with Crippen LogP contribution in [0.1, 0.15) is 22.8 Å². The van der Waals surface area contributed by atoms with Gasteiger partial charge in [-0.05, 0) is 38.5 Å². The van der Waals surface area contributed by atoms with Crippen LogP contribution in [0.15, 0.2) is 21.5 Å². The molecule has 4 rings (SSSR count). The molecule has 8 nitrogen and oxygen atoms in total. The number of nitrogens with zero attached hydrogens (tertiary/aromatic N) is 4. The van der Waals surface area contributed by atoms with E-state index in [1.165, 1.54) is 0 Å². The lowest BCUT2D eigenvalue weighted by Crippen LogP contribution is -2.12. The van der Waals surface area contributed by atoms with Crippen LogP contribution in [0.5, 0.6) is 0 Å². The molecule has 0 radical (unpaired) electrons. The SMILES string of the molecule is Cc1noc(CO)c1-c1cc(-c2c(C)nn(C)c2C)c2c(c1)[nH]c(=O)n2C. The van der Waals surface area contributed by atoms with Crippen molar-refractivity contribution in [2.24, 2.45) is 14.1 Å². The molecule has 0 aliphatic rings. The van der Waals surface area contributed by atoms with Crippen LogP contribution in [0.4, 0.5) is 0 Å². The number of aliphatic hydroxyl groups excluding tert-OH is 1. The standard InChI is InChI=1S/C19H21N5O3/c1-9-16(11(3)24(5)21-9)13-6-12(17-10(2)22-27-15(17)8-25)7-14-18(13)23(4)19(26)20-14/h6-7,25H,8H2,1-5H3,(H,20,26). The Balaban J connectivity index is 2.14. The third-order valence-corrected chi connectivity index (χ3v) is 5.14. The van der Waals surface area contributed by atoms with Crippen molar-refractivity contribution in [3.63, 3.8) is 0 Å². The molecular formula is C19H21N5O3. The van der Waals surface area contributed by atoms with E-state index in [4.69, 9.17) is 4.52 Å². The lowest BCUT2D eigenvalue weighted by atomic mass is 9.95. The quantitative estimate of drug-likeness (QED) is 0.579. The first kappa shape index (κ1) is 17.3. The zero-order valence-corrected chi connectivity index (χ0v) is 15.9. The molecule has 0 atom stereocenters. The minimum absolute atomic E-state index is 0.188. The highest BCUT2D eigenvalue weighted by atomic mass is 16.5. The van der Waals surface area contributed by atoms with E-state index in [1.807, 2.05) is 44.6 Å². The molecule has 140 valence electrons. The number of hydrogen-bond donors (Lipinski definition) is 2. The van der Waals surface area contributed by atoms with Crippen molar-refractivity contribution >= 4 is 11.0 Å². The third-order valence-electron chi connectivity index (χ3n) is 5.14. The number of hydrogen-bond acceptors (Lipinski definition) is 5. The number of aryl methyl sites for hydroxylation is 4. The van der Waals surface area contributed by atoms with Crippen LogP contribution in [-0.4, -0.2) is 29.6 Å². The molecule has 0 saturated carbocycles. The minimum Gasteiger partial charge on any atom is -0.388 e. The molecule has 4 aromatic rings. The minimum atomic E-state index is -0.250. The van der Waals surface area contributed by atoms with Gasteiger partial charge in [0.15, 0.2) is 5.76 Å². The molecule has 0 aliphatic heterocycles. The number of fused-ring (bicyclic) bond motifs is 1. The zero-order valence-electron chi connectivity index (χ0n) is 15.9. The van der Waals surface area contributed by atoms with Gasteiger partial charge in [-0.1, -0.05) is 5.16 Å². The van der Waals surface area contributed by atoms with Gasteiger partial charge in [0.05, 0.1) is 28.0 Å². The number of nitrogens with one attached hydrogen (secondary N) is 1. The Morgan fingerprint density at radius 2 is 1.89 bits per heavy atom. The van der Waals surface area contributed by atoms with E-state index in [0.29, 0.717) is 17.0 Å². The van der Waals surface area contributed by atoms with Gasteiger partial charge in [0.25, 0.3) is 0 Å². The van der Waals surface area contributed by atoms with Gasteiger partial charge in [0.1, 0.15) is 6.61 Å². The van der Waals surface area contributed by atoms with Crippen LogP contribution in [0.3, 0.4) is 0 Å². The monoisotopic (exact) mass is 367 g/mol. The Labute approximate surface area is 155 Å². The summed E-state index contributed by atoms with van der Waals surface area (Å²) in [7, 11) is 3.65. The fourth-order valence-corrected chi connectivity index (χ4v) is 3.78. The Morgan fingerprint density at radius 1 is 1.15 bits per heavy atom. The average Bonchev–Trinajstić information content (AvgIpc) is 3.22. The van der Waals surface area contributed by atoms with Crippen molar-refractivity contribution in [3.8, 4) is 22.3 Å². The molecule has 0 saturated heterocycles. The third kappa shape index (κ3) is 2.44. The van der Waals surface area contributed by atoms with Crippen LogP contribution in [0.25, 0.3) is 33.3 Å². The van der Waals surface area contributed by atoms with Crippen LogP contribution < -0.4 is 5.69 Å². The second-order valence-electron chi connectivity index (χ2n) is 6.80. The van der Waals surface area contributed by atoms with Gasteiger partial charge in [-0.3, -0.25) is 9.25 Å². The number of H-pyrrole nitrogens is 1. The lowest BCUT2D eigenvalue weighted by Gasteiger charge is -2.10. The Bertz CT molecular complexity index is 1240. The number of benzene rings is 1. The molecule has 3 aromatic heterocycles. The molecule has 8 heteroatoms. The molecular weight excluding hydrogens is 346 g/mol. The number of imidazole rings is 1. The van der Waals surface area contributed by atoms with Crippen LogP contribution in [-0.2, 0) is 20.7 Å². The smallest absolute Gasteiger partial charge is 0.326 e. The van der Waals surface area contributed by atoms with Crippen LogP contribution in [0.2, 0.25) is 0 Å². The molecule has 0 amide bonds. The maximum absolute atomic E-state index is 12.3. The summed E-state index contributed by atoms with van der Waals surface area (Å²) in [5.41, 5.74) is 7.35. The number of aromatic amines is 1. The predicted molar refractivity (Wildman–Crippen MR) is 101 cm³/mol. The van der Waals surface area contributed by atoms with Crippen LogP contribution in [0, 0.1) is 20.8 Å². The zero-order chi connectivity index (χ0) is 19.5. The number of aromatic nitrogens is 5. The number of rotatable bonds is 3. The molecule has 27 heavy (non-hydrogen) atoms. The molecule has 2 N–H and O–H groups in total. The molecule has 0 unspecified atom stereocenters. The summed E-state index contributed by atoms with van der Waals surface area (Å²) in [5, 5.41) is 18.1. The largest absolute Gasteiger partial charge is 0.388 e. The van der Waals surface area contributed by atoms with Crippen LogP contribution >= 0.6 is 0 Å². The summed E-state index contributed by atoms with van der Waals surface area (Å²) in [5.74, 6) is 0.399. The second kappa shape index (κ2) is 5.95. The molecule has 0 fully saturated rings. The highest BCUT2D eigenvalue weighted by Gasteiger charge is 2.22. The summed E-state index contributed by atoms with van der Waals surface area (Å²) in [6, 6.07) is 3.89. The van der Waals surface area contributed by atoms with Crippen molar-refractivity contribution in [2.75, 3.05) is 0 Å². The van der Waals surface area contributed by atoms with Gasteiger partial charge in [-0.15, -0.1) is 0 Å². The first-order chi connectivity index (χ1) is 12.8. The fourth-order valence-electron chi connectivity index (χ4n) is 3.78. The highest BCUT2D eigenvalue weighted by molar-refractivity contribution is 5.97. The molecule has 3 heterocycles. The van der Waals surface area contributed by atoms with E-state index in [2.05, 4.69) is 15.2 Å². The topological polar surface area (TPSA) is 102 Å². The van der Waals surface area contributed by atoms with Crippen molar-refractivity contribution in [3.05, 3.63) is 45.5 Å². The first-order valence-corrected chi connectivity index (χ1v) is 8.63. The molecule has 1 aromatic carbocycles. The summed E-state index contributed by atoms with van der Waals surface area (Å²) in [4.78, 5) is 15.2. The van der Waals surface area contributed by atoms with Gasteiger partial charge >= 0.3 is 5.69 Å². The molecule has 0 bridgehead atoms. The van der Waals surface area contributed by atoms with Crippen molar-refractivity contribution in [1.29, 1.82) is 0 Å². The van der Waals surface area contributed by atoms with E-state index in [0.717, 1.165) is 39.2 Å². The molecule has 0 spiro atoms. The Kier molecular flexibility index (Phi) is 3.81. The summed E-state index contributed by atoms with van der Waals surface area (Å²) in [6.45, 7) is 5.54. The van der Waals surface area contributed by atoms with Gasteiger partial charge in [-0.25, -0.2) is 4.79 Å². The summed E-state index contributed by atoms with van der Waals surface area (Å²) in [6.07, 6.45) is 0. The van der Waals surface area contributed by atoms with Crippen molar-refractivity contribution in [2.45, 2.75) is 27.4 Å². The fraction of sp³-hybridized carbons (Fsp3) is 0.316. The van der Waals surface area contributed by atoms with Gasteiger partial charge < -0.3 is 14.6 Å². The average molecular weight is 367 g/mol. The number of aliphatic hydroxyl groups is 1. The van der Waals surface area contributed by atoms with Gasteiger partial charge in [-0.2, -0.15) is 5.10 Å². The van der Waals surface area contributed by atoms with Crippen molar-refractivity contribution < 1.29 is 9.63 Å². The van der Waals surface area contributed by atoms with Gasteiger partial charge in [0, 0.05) is 30.9 Å².